The maximum atomic E-state index is 13.6. The van der Waals surface area contributed by atoms with Gasteiger partial charge in [0.25, 0.3) is 5.91 Å². The Hall–Kier alpha value is -4.78. The largest absolute Gasteiger partial charge is 0.478 e. The monoisotopic (exact) mass is 639 g/mol. The van der Waals surface area contributed by atoms with Gasteiger partial charge in [-0.2, -0.15) is 0 Å². The molecule has 2 amide bonds. The summed E-state index contributed by atoms with van der Waals surface area (Å²) in [6.45, 7) is 13.3. The summed E-state index contributed by atoms with van der Waals surface area (Å²) in [5.41, 5.74) is -0.847. The molecule has 13 nitrogen and oxygen atoms in total. The zero-order chi connectivity index (χ0) is 34.3. The van der Waals surface area contributed by atoms with Crippen molar-refractivity contribution in [1.29, 1.82) is 0 Å². The highest BCUT2D eigenvalue weighted by Crippen LogP contribution is 2.32. The number of amides is 2. The Labute approximate surface area is 267 Å². The van der Waals surface area contributed by atoms with Crippen molar-refractivity contribution in [3.05, 3.63) is 58.9 Å². The molecule has 0 bridgehead atoms. The SMILES string of the molecule is C=Cc1cc(C(=O)O)c(-c2ccc(C(=O)NCC3CC3)nc2C(=O)OC(C)OC(=O)[C@@H](NC(=O)OC(C)(C)C)C(C)C)cc1CO. The van der Waals surface area contributed by atoms with Crippen molar-refractivity contribution in [2.24, 2.45) is 11.8 Å². The Kier molecular flexibility index (Phi) is 11.6. The molecule has 13 heteroatoms. The van der Waals surface area contributed by atoms with Crippen LogP contribution in [0.3, 0.4) is 0 Å². The molecule has 1 aliphatic carbocycles. The molecule has 2 atom stereocenters. The summed E-state index contributed by atoms with van der Waals surface area (Å²) in [4.78, 5) is 68.2. The topological polar surface area (TPSA) is 190 Å². The molecule has 3 rings (SSSR count). The van der Waals surface area contributed by atoms with Crippen LogP contribution in [-0.4, -0.2) is 69.6 Å². The number of nitrogens with one attached hydrogen (secondary N) is 2. The fraction of sp³-hybridized carbons (Fsp3) is 0.455. The maximum absolute atomic E-state index is 13.6. The second-order valence-corrected chi connectivity index (χ2v) is 12.3. The third-order valence-corrected chi connectivity index (χ3v) is 6.91. The minimum absolute atomic E-state index is 0.00312. The quantitative estimate of drug-likeness (QED) is 0.180. The molecule has 0 radical (unpaired) electrons. The van der Waals surface area contributed by atoms with Crippen molar-refractivity contribution in [3.8, 4) is 11.1 Å². The number of rotatable bonds is 13. The normalized spacial score (nSPS) is 14.1. The van der Waals surface area contributed by atoms with E-state index in [1.165, 1.54) is 37.3 Å². The van der Waals surface area contributed by atoms with Gasteiger partial charge in [-0.15, -0.1) is 0 Å². The van der Waals surface area contributed by atoms with Gasteiger partial charge >= 0.3 is 24.0 Å². The fourth-order valence-corrected chi connectivity index (χ4v) is 4.40. The number of carboxylic acid groups (broad SMARTS) is 1. The van der Waals surface area contributed by atoms with E-state index >= 15 is 0 Å². The van der Waals surface area contributed by atoms with Crippen LogP contribution in [0, 0.1) is 11.8 Å². The van der Waals surface area contributed by atoms with E-state index in [1.54, 1.807) is 34.6 Å². The van der Waals surface area contributed by atoms with E-state index in [9.17, 15) is 34.2 Å². The minimum atomic E-state index is -1.49. The summed E-state index contributed by atoms with van der Waals surface area (Å²) in [7, 11) is 0. The Morgan fingerprint density at radius 3 is 2.28 bits per heavy atom. The van der Waals surface area contributed by atoms with Crippen molar-refractivity contribution in [2.45, 2.75) is 78.9 Å². The van der Waals surface area contributed by atoms with Crippen molar-refractivity contribution < 1.29 is 48.4 Å². The average Bonchev–Trinajstić information content (AvgIpc) is 3.81. The molecule has 1 aliphatic rings. The summed E-state index contributed by atoms with van der Waals surface area (Å²) in [6, 6.07) is 4.26. The van der Waals surface area contributed by atoms with Crippen LogP contribution in [0.1, 0.15) is 96.8 Å². The van der Waals surface area contributed by atoms with Gasteiger partial charge < -0.3 is 35.1 Å². The van der Waals surface area contributed by atoms with Crippen molar-refractivity contribution in [3.63, 3.8) is 0 Å². The highest BCUT2D eigenvalue weighted by molar-refractivity contribution is 6.03. The zero-order valence-electron chi connectivity index (χ0n) is 26.8. The lowest BCUT2D eigenvalue weighted by Gasteiger charge is -2.25. The van der Waals surface area contributed by atoms with Gasteiger partial charge in [-0.05, 0) is 86.4 Å². The number of aromatic nitrogens is 1. The number of aliphatic hydroxyl groups is 1. The molecule has 4 N–H and O–H groups in total. The van der Waals surface area contributed by atoms with Gasteiger partial charge in [0, 0.05) is 19.0 Å². The van der Waals surface area contributed by atoms with Crippen molar-refractivity contribution in [1.82, 2.24) is 15.6 Å². The predicted molar refractivity (Wildman–Crippen MR) is 167 cm³/mol. The van der Waals surface area contributed by atoms with Crippen LogP contribution in [-0.2, 0) is 25.6 Å². The number of benzene rings is 1. The number of ether oxygens (including phenoxy) is 3. The van der Waals surface area contributed by atoms with E-state index in [2.05, 4.69) is 22.2 Å². The molecule has 0 saturated heterocycles. The van der Waals surface area contributed by atoms with Crippen LogP contribution in [0.25, 0.3) is 17.2 Å². The average molecular weight is 640 g/mol. The lowest BCUT2D eigenvalue weighted by atomic mass is 9.92. The highest BCUT2D eigenvalue weighted by atomic mass is 16.7. The number of aromatic carboxylic acids is 1. The Morgan fingerprint density at radius 2 is 1.74 bits per heavy atom. The van der Waals surface area contributed by atoms with Crippen LogP contribution in [0.4, 0.5) is 4.79 Å². The van der Waals surface area contributed by atoms with E-state index < -0.39 is 66.1 Å². The van der Waals surface area contributed by atoms with E-state index in [1.807, 2.05) is 0 Å². The first-order valence-electron chi connectivity index (χ1n) is 14.9. The number of carbonyl (C=O) groups is 5. The molecule has 248 valence electrons. The summed E-state index contributed by atoms with van der Waals surface area (Å²) < 4.78 is 15.9. The first-order chi connectivity index (χ1) is 21.5. The summed E-state index contributed by atoms with van der Waals surface area (Å²) in [5, 5.41) is 25.1. The summed E-state index contributed by atoms with van der Waals surface area (Å²) in [6.07, 6.45) is 1.06. The van der Waals surface area contributed by atoms with Crippen molar-refractivity contribution in [2.75, 3.05) is 6.54 Å². The number of nitrogens with zero attached hydrogens (tertiary/aromatic N) is 1. The van der Waals surface area contributed by atoms with Crippen LogP contribution < -0.4 is 10.6 Å². The van der Waals surface area contributed by atoms with Gasteiger partial charge in [0.1, 0.15) is 17.3 Å². The molecular formula is C33H41N3O10. The zero-order valence-corrected chi connectivity index (χ0v) is 26.8. The van der Waals surface area contributed by atoms with Gasteiger partial charge in [-0.1, -0.05) is 26.5 Å². The second kappa shape index (κ2) is 15.0. The van der Waals surface area contributed by atoms with Gasteiger partial charge in [0.2, 0.25) is 6.29 Å². The number of pyridine rings is 1. The molecule has 46 heavy (non-hydrogen) atoms. The number of carbonyl (C=O) groups excluding carboxylic acids is 4. The third kappa shape index (κ3) is 9.61. The third-order valence-electron chi connectivity index (χ3n) is 6.91. The summed E-state index contributed by atoms with van der Waals surface area (Å²) >= 11 is 0. The molecule has 1 fully saturated rings. The molecule has 1 unspecified atom stereocenters. The Bertz CT molecular complexity index is 1510. The number of hydrogen-bond acceptors (Lipinski definition) is 10. The number of hydrogen-bond donors (Lipinski definition) is 4. The molecule has 1 aromatic heterocycles. The minimum Gasteiger partial charge on any atom is -0.478 e. The molecule has 1 aromatic carbocycles. The van der Waals surface area contributed by atoms with Gasteiger partial charge in [-0.25, -0.2) is 24.2 Å². The fourth-order valence-electron chi connectivity index (χ4n) is 4.40. The molecule has 0 aliphatic heterocycles. The van der Waals surface area contributed by atoms with E-state index in [-0.39, 0.29) is 22.4 Å². The summed E-state index contributed by atoms with van der Waals surface area (Å²) in [5.74, 6) is -3.94. The Balaban J connectivity index is 1.95. The lowest BCUT2D eigenvalue weighted by Crippen LogP contribution is -2.48. The van der Waals surface area contributed by atoms with E-state index in [0.29, 0.717) is 23.6 Å². The molecule has 2 aromatic rings. The smallest absolute Gasteiger partial charge is 0.408 e. The molecule has 1 saturated carbocycles. The molecule has 1 heterocycles. The number of aliphatic hydroxyl groups excluding tert-OH is 1. The van der Waals surface area contributed by atoms with E-state index in [0.717, 1.165) is 12.8 Å². The predicted octanol–water partition coefficient (Wildman–Crippen LogP) is 4.32. The lowest BCUT2D eigenvalue weighted by molar-refractivity contribution is -0.169. The van der Waals surface area contributed by atoms with Crippen molar-refractivity contribution >= 4 is 36.0 Å². The standard InChI is InChI=1S/C33H41N3O10/c1-8-20-13-24(29(39)40)23(14-21(20)16-37)22-11-12-25(28(38)34-15-19-9-10-19)35-27(22)31(42)45-18(4)44-30(41)26(17(2)3)36-32(43)46-33(5,6)7/h8,11-14,17-19,26,37H,1,9-10,15-16H2,2-7H3,(H,34,38)(H,36,43)(H,39,40)/t18?,26-/m0/s1. The van der Waals surface area contributed by atoms with Gasteiger partial charge in [-0.3, -0.25) is 4.79 Å². The number of esters is 2. The maximum Gasteiger partial charge on any atom is 0.408 e. The molecular weight excluding hydrogens is 598 g/mol. The number of carboxylic acids is 1. The first-order valence-corrected chi connectivity index (χ1v) is 14.9. The number of alkyl carbamates (subject to hydrolysis) is 1. The van der Waals surface area contributed by atoms with Crippen LogP contribution in [0.15, 0.2) is 30.8 Å². The molecule has 0 spiro atoms. The second-order valence-electron chi connectivity index (χ2n) is 12.3. The highest BCUT2D eigenvalue weighted by Gasteiger charge is 2.31. The van der Waals surface area contributed by atoms with Gasteiger partial charge in [0.05, 0.1) is 12.2 Å². The Morgan fingerprint density at radius 1 is 1.07 bits per heavy atom. The van der Waals surface area contributed by atoms with Crippen LogP contribution >= 0.6 is 0 Å². The first kappa shape index (κ1) is 35.7. The van der Waals surface area contributed by atoms with Crippen LogP contribution in [0.5, 0.6) is 0 Å². The van der Waals surface area contributed by atoms with Gasteiger partial charge in [0.15, 0.2) is 5.69 Å². The van der Waals surface area contributed by atoms with Crippen LogP contribution in [0.2, 0.25) is 0 Å². The van der Waals surface area contributed by atoms with E-state index in [4.69, 9.17) is 14.2 Å².